The molecule has 0 unspecified atom stereocenters. The zero-order valence-corrected chi connectivity index (χ0v) is 26.5. The first-order valence-corrected chi connectivity index (χ1v) is 14.8. The largest absolute Gasteiger partial charge is 0.487 e. The molecule has 0 atom stereocenters. The van der Waals surface area contributed by atoms with Crippen LogP contribution in [0.3, 0.4) is 0 Å². The van der Waals surface area contributed by atoms with Crippen molar-refractivity contribution in [3.63, 3.8) is 0 Å². The summed E-state index contributed by atoms with van der Waals surface area (Å²) in [4.78, 5) is 18.0. The molecule has 186 valence electrons. The van der Waals surface area contributed by atoms with Gasteiger partial charge in [0.1, 0.15) is 18.2 Å². The number of rotatable bonds is 8. The summed E-state index contributed by atoms with van der Waals surface area (Å²) >= 11 is 20.1. The highest BCUT2D eigenvalue weighted by Gasteiger charge is 2.12. The fourth-order valence-electron chi connectivity index (χ4n) is 3.51. The third kappa shape index (κ3) is 6.61. The van der Waals surface area contributed by atoms with E-state index in [2.05, 4.69) is 73.1 Å². The van der Waals surface area contributed by atoms with Crippen LogP contribution in [0.4, 0.5) is 0 Å². The van der Waals surface area contributed by atoms with E-state index in [-0.39, 0.29) is 5.56 Å². The Hall–Kier alpha value is -1.21. The lowest BCUT2D eigenvalue weighted by molar-refractivity contribution is 0.302. The Balaban J connectivity index is 1.63. The number of unbranched alkanes of at least 4 members (excludes halogenated alkanes) is 1. The highest BCUT2D eigenvalue weighted by Crippen LogP contribution is 2.30. The first-order chi connectivity index (χ1) is 17.3. The summed E-state index contributed by atoms with van der Waals surface area (Å²) < 4.78 is 10.2. The zero-order valence-electron chi connectivity index (χ0n) is 19.1. The number of aryl methyl sites for hydroxylation is 1. The predicted molar refractivity (Wildman–Crippen MR) is 168 cm³/mol. The van der Waals surface area contributed by atoms with Gasteiger partial charge in [0.05, 0.1) is 34.3 Å². The molecule has 0 aliphatic heterocycles. The molecule has 0 aliphatic rings. The quantitative estimate of drug-likeness (QED) is 0.133. The Morgan fingerprint density at radius 3 is 2.53 bits per heavy atom. The minimum absolute atomic E-state index is 0.186. The number of ether oxygens (including phenoxy) is 1. The number of aromatic nitrogens is 2. The van der Waals surface area contributed by atoms with Gasteiger partial charge in [0.15, 0.2) is 0 Å². The number of hydrogen-bond donors (Lipinski definition) is 0. The van der Waals surface area contributed by atoms with Crippen molar-refractivity contribution in [3.8, 4) is 5.75 Å². The Labute approximate surface area is 254 Å². The maximum atomic E-state index is 13.3. The van der Waals surface area contributed by atoms with Gasteiger partial charge in [-0.2, -0.15) is 9.78 Å². The van der Waals surface area contributed by atoms with E-state index in [9.17, 15) is 4.79 Å². The van der Waals surface area contributed by atoms with Crippen molar-refractivity contribution in [1.82, 2.24) is 9.66 Å². The summed E-state index contributed by atoms with van der Waals surface area (Å²) in [6.45, 7) is 2.48. The zero-order chi connectivity index (χ0) is 25.8. The van der Waals surface area contributed by atoms with Crippen LogP contribution < -0.4 is 10.3 Å². The Bertz CT molecular complexity index is 1500. The van der Waals surface area contributed by atoms with Gasteiger partial charge in [-0.25, -0.2) is 4.98 Å². The van der Waals surface area contributed by atoms with Crippen LogP contribution >= 0.6 is 84.3 Å². The molecule has 4 aromatic rings. The molecule has 1 heterocycles. The van der Waals surface area contributed by atoms with Gasteiger partial charge in [0.25, 0.3) is 5.56 Å². The number of nitrogens with zero attached hydrogens (tertiary/aromatic N) is 3. The molecular formula is C26H20BrCl2I2N3O2. The van der Waals surface area contributed by atoms with Crippen molar-refractivity contribution in [1.29, 1.82) is 0 Å². The van der Waals surface area contributed by atoms with Crippen LogP contribution in [-0.4, -0.2) is 15.9 Å². The van der Waals surface area contributed by atoms with Crippen molar-refractivity contribution >= 4 is 101 Å². The molecule has 0 spiro atoms. The van der Waals surface area contributed by atoms with Gasteiger partial charge in [-0.05, 0) is 105 Å². The van der Waals surface area contributed by atoms with Crippen LogP contribution in [-0.2, 0) is 13.0 Å². The van der Waals surface area contributed by atoms with Crippen LogP contribution in [0.5, 0.6) is 5.75 Å². The number of benzene rings is 3. The van der Waals surface area contributed by atoms with Crippen molar-refractivity contribution in [2.75, 3.05) is 0 Å². The third-order valence-corrected chi connectivity index (χ3v) is 8.17. The number of hydrogen-bond acceptors (Lipinski definition) is 4. The molecule has 0 radical (unpaired) electrons. The van der Waals surface area contributed by atoms with Gasteiger partial charge >= 0.3 is 0 Å². The van der Waals surface area contributed by atoms with E-state index in [1.165, 1.54) is 4.68 Å². The van der Waals surface area contributed by atoms with E-state index < -0.39 is 0 Å². The van der Waals surface area contributed by atoms with Gasteiger partial charge in [-0.1, -0.05) is 58.5 Å². The van der Waals surface area contributed by atoms with Gasteiger partial charge in [-0.15, -0.1) is 0 Å². The SMILES string of the molecule is CCCCc1nc2ccc(Br)cc2c(=O)n1N=Cc1cc(I)c(OCc2ccc(Cl)c(Cl)c2)c(I)c1. The molecule has 0 saturated heterocycles. The molecule has 0 aliphatic carbocycles. The van der Waals surface area contributed by atoms with Crippen molar-refractivity contribution in [2.24, 2.45) is 5.10 Å². The summed E-state index contributed by atoms with van der Waals surface area (Å²) in [6.07, 6.45) is 4.28. The van der Waals surface area contributed by atoms with Crippen LogP contribution in [0.2, 0.25) is 10.0 Å². The minimum Gasteiger partial charge on any atom is -0.487 e. The molecule has 36 heavy (non-hydrogen) atoms. The number of fused-ring (bicyclic) bond motifs is 1. The smallest absolute Gasteiger partial charge is 0.282 e. The van der Waals surface area contributed by atoms with E-state index in [4.69, 9.17) is 32.9 Å². The van der Waals surface area contributed by atoms with Gasteiger partial charge < -0.3 is 4.74 Å². The Morgan fingerprint density at radius 1 is 1.08 bits per heavy atom. The fourth-order valence-corrected chi connectivity index (χ4v) is 6.32. The van der Waals surface area contributed by atoms with E-state index in [1.54, 1.807) is 24.4 Å². The lowest BCUT2D eigenvalue weighted by Crippen LogP contribution is -2.22. The molecule has 5 nitrogen and oxygen atoms in total. The molecule has 0 N–H and O–H groups in total. The normalized spacial score (nSPS) is 11.5. The predicted octanol–water partition coefficient (Wildman–Crippen LogP) is 8.48. The van der Waals surface area contributed by atoms with Crippen LogP contribution in [0.15, 0.2) is 62.9 Å². The van der Waals surface area contributed by atoms with Gasteiger partial charge in [-0.3, -0.25) is 4.79 Å². The standard InChI is InChI=1S/C26H20BrCl2I2N3O2/c1-2-3-4-24-33-23-8-6-17(27)12-18(23)26(35)34(24)32-13-16-10-21(30)25(22(31)11-16)36-14-15-5-7-19(28)20(29)9-15/h5-13H,2-4,14H2,1H3. The van der Waals surface area contributed by atoms with Crippen molar-refractivity contribution in [3.05, 3.63) is 97.5 Å². The van der Waals surface area contributed by atoms with E-state index in [0.717, 1.165) is 41.3 Å². The molecule has 1 aromatic heterocycles. The average molecular weight is 811 g/mol. The highest BCUT2D eigenvalue weighted by molar-refractivity contribution is 14.1. The number of halogens is 5. The lowest BCUT2D eigenvalue weighted by Gasteiger charge is -2.12. The molecule has 3 aromatic carbocycles. The van der Waals surface area contributed by atoms with Crippen molar-refractivity contribution < 1.29 is 4.74 Å². The second-order valence-electron chi connectivity index (χ2n) is 8.01. The van der Waals surface area contributed by atoms with Gasteiger partial charge in [0.2, 0.25) is 0 Å². The molecule has 0 saturated carbocycles. The first-order valence-electron chi connectivity index (χ1n) is 11.1. The van der Waals surface area contributed by atoms with E-state index in [1.807, 2.05) is 30.3 Å². The lowest BCUT2D eigenvalue weighted by atomic mass is 10.2. The fraction of sp³-hybridized carbons (Fsp3) is 0.192. The van der Waals surface area contributed by atoms with Gasteiger partial charge in [0, 0.05) is 10.9 Å². The van der Waals surface area contributed by atoms with E-state index in [0.29, 0.717) is 39.8 Å². The maximum Gasteiger partial charge on any atom is 0.282 e. The maximum absolute atomic E-state index is 13.3. The highest BCUT2D eigenvalue weighted by atomic mass is 127. The Morgan fingerprint density at radius 2 is 1.83 bits per heavy atom. The average Bonchev–Trinajstić information content (AvgIpc) is 2.84. The van der Waals surface area contributed by atoms with Crippen LogP contribution in [0, 0.1) is 7.14 Å². The van der Waals surface area contributed by atoms with Crippen LogP contribution in [0.1, 0.15) is 36.7 Å². The molecule has 10 heteroatoms. The summed E-state index contributed by atoms with van der Waals surface area (Å²) in [6, 6.07) is 14.9. The topological polar surface area (TPSA) is 56.5 Å². The summed E-state index contributed by atoms with van der Waals surface area (Å²) in [7, 11) is 0. The third-order valence-electron chi connectivity index (χ3n) is 5.34. The first kappa shape index (κ1) is 27.8. The minimum atomic E-state index is -0.186. The molecular weight excluding hydrogens is 791 g/mol. The van der Waals surface area contributed by atoms with Crippen LogP contribution in [0.25, 0.3) is 10.9 Å². The molecule has 4 rings (SSSR count). The summed E-state index contributed by atoms with van der Waals surface area (Å²) in [5.74, 6) is 1.43. The monoisotopic (exact) mass is 809 g/mol. The molecule has 0 amide bonds. The summed E-state index contributed by atoms with van der Waals surface area (Å²) in [5, 5.41) is 6.10. The van der Waals surface area contributed by atoms with Crippen molar-refractivity contribution in [2.45, 2.75) is 32.8 Å². The second kappa shape index (κ2) is 12.6. The Kier molecular flexibility index (Phi) is 9.70. The molecule has 0 fully saturated rings. The summed E-state index contributed by atoms with van der Waals surface area (Å²) in [5.41, 5.74) is 2.27. The molecule has 0 bridgehead atoms. The second-order valence-corrected chi connectivity index (χ2v) is 12.1. The van der Waals surface area contributed by atoms with E-state index >= 15 is 0 Å².